The van der Waals surface area contributed by atoms with Crippen molar-refractivity contribution in [2.24, 2.45) is 0 Å². The number of ether oxygens (including phenoxy) is 1. The summed E-state index contributed by atoms with van der Waals surface area (Å²) in [7, 11) is 0. The Bertz CT molecular complexity index is 315. The second-order valence-corrected chi connectivity index (χ2v) is 5.14. The molecule has 0 N–H and O–H groups in total. The van der Waals surface area contributed by atoms with Gasteiger partial charge in [0.1, 0.15) is 11.6 Å². The smallest absolute Gasteiger partial charge is 0.294 e. The normalized spacial score (nSPS) is 17.6. The van der Waals surface area contributed by atoms with Gasteiger partial charge in [0.05, 0.1) is 5.88 Å². The Hall–Kier alpha value is -0.390. The first-order chi connectivity index (χ1) is 7.88. The second-order valence-electron chi connectivity index (χ2n) is 3.85. The lowest BCUT2D eigenvalue weighted by Gasteiger charge is -2.25. The van der Waals surface area contributed by atoms with Gasteiger partial charge in [0.2, 0.25) is 0 Å². The molecule has 1 aromatic heterocycles. The van der Waals surface area contributed by atoms with Crippen LogP contribution >= 0.6 is 22.9 Å². The lowest BCUT2D eigenvalue weighted by molar-refractivity contribution is 0.182. The Kier molecular flexibility index (Phi) is 4.81. The largest absolute Gasteiger partial charge is 0.468 e. The Labute approximate surface area is 105 Å². The minimum Gasteiger partial charge on any atom is -0.468 e. The van der Waals surface area contributed by atoms with Crippen molar-refractivity contribution in [3.8, 4) is 5.19 Å². The molecule has 0 unspecified atom stereocenters. The third kappa shape index (κ3) is 3.57. The van der Waals surface area contributed by atoms with Gasteiger partial charge in [-0.15, -0.1) is 21.8 Å². The molecule has 4 nitrogen and oxygen atoms in total. The van der Waals surface area contributed by atoms with Crippen molar-refractivity contribution >= 4 is 22.9 Å². The topological polar surface area (TPSA) is 38.3 Å². The average molecular weight is 262 g/mol. The molecular formula is C10H16ClN3OS. The zero-order valence-electron chi connectivity index (χ0n) is 9.19. The Morgan fingerprint density at radius 1 is 1.25 bits per heavy atom. The summed E-state index contributed by atoms with van der Waals surface area (Å²) in [6.45, 7) is 4.07. The van der Waals surface area contributed by atoms with E-state index in [1.54, 1.807) is 0 Å². The summed E-state index contributed by atoms with van der Waals surface area (Å²) < 4.78 is 5.54. The average Bonchev–Trinajstić information content (AvgIpc) is 2.78. The van der Waals surface area contributed by atoms with E-state index >= 15 is 0 Å². The molecule has 6 heteroatoms. The van der Waals surface area contributed by atoms with Gasteiger partial charge < -0.3 is 4.74 Å². The summed E-state index contributed by atoms with van der Waals surface area (Å²) in [5.74, 6) is 0.410. The van der Waals surface area contributed by atoms with Gasteiger partial charge in [0.25, 0.3) is 5.19 Å². The number of likely N-dealkylation sites (tertiary alicyclic amines) is 1. The number of rotatable bonds is 5. The van der Waals surface area contributed by atoms with Gasteiger partial charge in [-0.3, -0.25) is 4.90 Å². The molecule has 2 heterocycles. The predicted molar refractivity (Wildman–Crippen MR) is 65.3 cm³/mol. The summed E-state index contributed by atoms with van der Waals surface area (Å²) in [5, 5.41) is 9.26. The van der Waals surface area contributed by atoms with Crippen LogP contribution in [-0.4, -0.2) is 41.3 Å². The first-order valence-electron chi connectivity index (χ1n) is 5.62. The van der Waals surface area contributed by atoms with Crippen LogP contribution in [0.15, 0.2) is 0 Å². The van der Waals surface area contributed by atoms with Crippen molar-refractivity contribution in [3.05, 3.63) is 5.01 Å². The van der Waals surface area contributed by atoms with E-state index in [9.17, 15) is 0 Å². The predicted octanol–water partition coefficient (Wildman–Crippen LogP) is 2.14. The van der Waals surface area contributed by atoms with Crippen molar-refractivity contribution in [1.29, 1.82) is 0 Å². The van der Waals surface area contributed by atoms with E-state index in [2.05, 4.69) is 15.1 Å². The zero-order chi connectivity index (χ0) is 11.2. The van der Waals surface area contributed by atoms with E-state index < -0.39 is 0 Å². The minimum absolute atomic E-state index is 0.410. The Morgan fingerprint density at radius 3 is 2.75 bits per heavy atom. The molecule has 1 aliphatic heterocycles. The van der Waals surface area contributed by atoms with Gasteiger partial charge in [-0.05, 0) is 25.9 Å². The number of hydrogen-bond acceptors (Lipinski definition) is 5. The maximum Gasteiger partial charge on any atom is 0.294 e. The van der Waals surface area contributed by atoms with Gasteiger partial charge in [-0.1, -0.05) is 17.8 Å². The van der Waals surface area contributed by atoms with Crippen LogP contribution in [0.5, 0.6) is 5.19 Å². The molecule has 0 spiro atoms. The van der Waals surface area contributed by atoms with E-state index in [1.165, 1.54) is 43.7 Å². The summed E-state index contributed by atoms with van der Waals surface area (Å²) >= 11 is 7.06. The monoisotopic (exact) mass is 261 g/mol. The van der Waals surface area contributed by atoms with Crippen molar-refractivity contribution in [2.45, 2.75) is 25.1 Å². The number of nitrogens with zero attached hydrogens (tertiary/aromatic N) is 3. The van der Waals surface area contributed by atoms with Crippen LogP contribution in [0.2, 0.25) is 0 Å². The van der Waals surface area contributed by atoms with E-state index in [-0.39, 0.29) is 0 Å². The first kappa shape index (κ1) is 12.1. The Balaban J connectivity index is 1.66. The number of aromatic nitrogens is 2. The fraction of sp³-hybridized carbons (Fsp3) is 0.800. The lowest BCUT2D eigenvalue weighted by Crippen LogP contribution is -2.33. The third-order valence-electron chi connectivity index (χ3n) is 2.64. The van der Waals surface area contributed by atoms with Crippen LogP contribution in [0.4, 0.5) is 0 Å². The highest BCUT2D eigenvalue weighted by atomic mass is 35.5. The fourth-order valence-electron chi connectivity index (χ4n) is 1.80. The lowest BCUT2D eigenvalue weighted by atomic mass is 10.1. The van der Waals surface area contributed by atoms with E-state index in [0.717, 1.165) is 11.6 Å². The summed E-state index contributed by atoms with van der Waals surface area (Å²) in [4.78, 5) is 2.44. The molecule has 0 aromatic carbocycles. The molecule has 2 rings (SSSR count). The standard InChI is InChI=1S/C10H16ClN3OS/c11-8-9-12-13-10(16-9)15-7-6-14-4-2-1-3-5-14/h1-8H2. The summed E-state index contributed by atoms with van der Waals surface area (Å²) in [5.41, 5.74) is 0. The van der Waals surface area contributed by atoms with Crippen molar-refractivity contribution < 1.29 is 4.74 Å². The molecule has 0 bridgehead atoms. The summed E-state index contributed by atoms with van der Waals surface area (Å²) in [6.07, 6.45) is 4.00. The quantitative estimate of drug-likeness (QED) is 0.762. The molecule has 16 heavy (non-hydrogen) atoms. The van der Waals surface area contributed by atoms with Crippen LogP contribution < -0.4 is 4.74 Å². The van der Waals surface area contributed by atoms with Gasteiger partial charge >= 0.3 is 0 Å². The van der Waals surface area contributed by atoms with Crippen LogP contribution in [0.25, 0.3) is 0 Å². The number of halogens is 1. The van der Waals surface area contributed by atoms with Crippen molar-refractivity contribution in [3.63, 3.8) is 0 Å². The van der Waals surface area contributed by atoms with E-state index in [0.29, 0.717) is 17.7 Å². The van der Waals surface area contributed by atoms with Crippen LogP contribution in [0, 0.1) is 0 Å². The molecule has 1 aromatic rings. The number of alkyl halides is 1. The van der Waals surface area contributed by atoms with Crippen LogP contribution in [0.1, 0.15) is 24.3 Å². The van der Waals surface area contributed by atoms with Gasteiger partial charge in [0, 0.05) is 6.54 Å². The van der Waals surface area contributed by atoms with Crippen molar-refractivity contribution in [2.75, 3.05) is 26.2 Å². The first-order valence-corrected chi connectivity index (χ1v) is 6.97. The highest BCUT2D eigenvalue weighted by Gasteiger charge is 2.10. The SMILES string of the molecule is ClCc1nnc(OCCN2CCCCC2)s1. The van der Waals surface area contributed by atoms with E-state index in [1.807, 2.05) is 0 Å². The van der Waals surface area contributed by atoms with E-state index in [4.69, 9.17) is 16.3 Å². The maximum absolute atomic E-state index is 5.64. The molecule has 0 saturated carbocycles. The molecule has 1 fully saturated rings. The molecule has 0 atom stereocenters. The molecule has 1 saturated heterocycles. The number of piperidine rings is 1. The van der Waals surface area contributed by atoms with Crippen molar-refractivity contribution in [1.82, 2.24) is 15.1 Å². The van der Waals surface area contributed by atoms with Gasteiger partial charge in [-0.2, -0.15) is 0 Å². The maximum atomic E-state index is 5.64. The van der Waals surface area contributed by atoms with Gasteiger partial charge in [-0.25, -0.2) is 0 Å². The fourth-order valence-corrected chi connectivity index (χ4v) is 2.57. The Morgan fingerprint density at radius 2 is 2.06 bits per heavy atom. The highest BCUT2D eigenvalue weighted by molar-refractivity contribution is 7.13. The highest BCUT2D eigenvalue weighted by Crippen LogP contribution is 2.19. The molecular weight excluding hydrogens is 246 g/mol. The molecule has 0 amide bonds. The molecule has 90 valence electrons. The van der Waals surface area contributed by atoms with Gasteiger partial charge in [0.15, 0.2) is 0 Å². The third-order valence-corrected chi connectivity index (χ3v) is 3.89. The molecule has 1 aliphatic rings. The summed E-state index contributed by atoms with van der Waals surface area (Å²) in [6, 6.07) is 0. The molecule has 0 radical (unpaired) electrons. The second kappa shape index (κ2) is 6.37. The number of hydrogen-bond donors (Lipinski definition) is 0. The van der Waals surface area contributed by atoms with Crippen LogP contribution in [0.3, 0.4) is 0 Å². The zero-order valence-corrected chi connectivity index (χ0v) is 10.8. The minimum atomic E-state index is 0.410. The molecule has 0 aliphatic carbocycles. The van der Waals surface area contributed by atoms with Crippen LogP contribution in [-0.2, 0) is 5.88 Å².